The van der Waals surface area contributed by atoms with Crippen molar-refractivity contribution < 1.29 is 17.9 Å². The van der Waals surface area contributed by atoms with Crippen molar-refractivity contribution in [3.05, 3.63) is 28.7 Å². The predicted molar refractivity (Wildman–Crippen MR) is 91.0 cm³/mol. The Bertz CT molecular complexity index is 743. The van der Waals surface area contributed by atoms with Gasteiger partial charge in [-0.15, -0.1) is 0 Å². The van der Waals surface area contributed by atoms with E-state index in [-0.39, 0.29) is 6.42 Å². The molecule has 0 saturated heterocycles. The predicted octanol–water partition coefficient (Wildman–Crippen LogP) is 4.93. The number of aromatic nitrogens is 3. The second-order valence-corrected chi connectivity index (χ2v) is 6.18. The molecule has 2 aromatic rings. The van der Waals surface area contributed by atoms with Gasteiger partial charge in [-0.3, -0.25) is 9.67 Å². The van der Waals surface area contributed by atoms with Crippen molar-refractivity contribution in [2.24, 2.45) is 5.92 Å². The van der Waals surface area contributed by atoms with Gasteiger partial charge in [0, 0.05) is 30.9 Å². The number of alkyl halides is 3. The minimum atomic E-state index is -4.26. The highest BCUT2D eigenvalue weighted by molar-refractivity contribution is 6.33. The van der Waals surface area contributed by atoms with Crippen molar-refractivity contribution >= 4 is 11.6 Å². The fourth-order valence-electron chi connectivity index (χ4n) is 2.57. The number of rotatable bonds is 6. The van der Waals surface area contributed by atoms with E-state index in [4.69, 9.17) is 16.3 Å². The number of pyridine rings is 1. The van der Waals surface area contributed by atoms with Gasteiger partial charge in [-0.2, -0.15) is 18.3 Å². The average Bonchev–Trinajstić information content (AvgIpc) is 2.89. The molecule has 2 heterocycles. The lowest BCUT2D eigenvalue weighted by atomic mass is 10.0. The summed E-state index contributed by atoms with van der Waals surface area (Å²) in [7, 11) is 1.47. The monoisotopic (exact) mass is 375 g/mol. The van der Waals surface area contributed by atoms with Crippen LogP contribution in [0.1, 0.15) is 32.2 Å². The molecular weight excluding hydrogens is 355 g/mol. The van der Waals surface area contributed by atoms with Gasteiger partial charge in [0.15, 0.2) is 0 Å². The minimum Gasteiger partial charge on any atom is -0.496 e. The zero-order chi connectivity index (χ0) is 18.8. The van der Waals surface area contributed by atoms with Crippen LogP contribution in [0.3, 0.4) is 0 Å². The van der Waals surface area contributed by atoms with Gasteiger partial charge in [0.05, 0.1) is 35.0 Å². The Hall–Kier alpha value is -1.76. The van der Waals surface area contributed by atoms with Gasteiger partial charge < -0.3 is 4.74 Å². The summed E-state index contributed by atoms with van der Waals surface area (Å²) in [5.41, 5.74) is 2.36. The molecule has 0 fully saturated rings. The third kappa shape index (κ3) is 4.08. The first kappa shape index (κ1) is 19.6. The molecule has 2 rings (SSSR count). The summed E-state index contributed by atoms with van der Waals surface area (Å²) in [6.45, 7) is 5.63. The summed E-state index contributed by atoms with van der Waals surface area (Å²) in [6, 6.07) is 1.53. The summed E-state index contributed by atoms with van der Waals surface area (Å²) >= 11 is 6.44. The van der Waals surface area contributed by atoms with Crippen LogP contribution >= 0.6 is 11.6 Å². The van der Waals surface area contributed by atoms with Gasteiger partial charge in [-0.05, 0) is 13.3 Å². The Kier molecular flexibility index (Phi) is 5.98. The molecule has 0 aliphatic carbocycles. The molecule has 0 amide bonds. The Labute approximate surface area is 150 Å². The lowest BCUT2D eigenvalue weighted by molar-refractivity contribution is -0.169. The first-order valence-corrected chi connectivity index (χ1v) is 8.45. The smallest absolute Gasteiger partial charge is 0.391 e. The molecule has 0 radical (unpaired) electrons. The molecule has 0 aliphatic heterocycles. The van der Waals surface area contributed by atoms with Gasteiger partial charge in [0.2, 0.25) is 0 Å². The van der Waals surface area contributed by atoms with Crippen LogP contribution in [0, 0.1) is 5.92 Å². The molecule has 2 aromatic heterocycles. The van der Waals surface area contributed by atoms with E-state index < -0.39 is 12.1 Å². The van der Waals surface area contributed by atoms with Crippen molar-refractivity contribution in [2.45, 2.75) is 46.3 Å². The Morgan fingerprint density at radius 3 is 2.52 bits per heavy atom. The van der Waals surface area contributed by atoms with E-state index in [0.717, 1.165) is 12.6 Å². The molecule has 4 nitrogen and oxygen atoms in total. The quantitative estimate of drug-likeness (QED) is 0.718. The van der Waals surface area contributed by atoms with Crippen LogP contribution < -0.4 is 4.74 Å². The zero-order valence-corrected chi connectivity index (χ0v) is 15.4. The zero-order valence-electron chi connectivity index (χ0n) is 14.6. The maximum absolute atomic E-state index is 12.8. The first-order valence-electron chi connectivity index (χ1n) is 8.08. The molecule has 0 spiro atoms. The molecule has 0 N–H and O–H groups in total. The van der Waals surface area contributed by atoms with Crippen LogP contribution in [0.15, 0.2) is 12.3 Å². The topological polar surface area (TPSA) is 39.9 Å². The van der Waals surface area contributed by atoms with E-state index in [1.54, 1.807) is 4.68 Å². The lowest BCUT2D eigenvalue weighted by Crippen LogP contribution is -2.22. The van der Waals surface area contributed by atoms with E-state index in [2.05, 4.69) is 10.1 Å². The highest BCUT2D eigenvalue weighted by Crippen LogP contribution is 2.37. The maximum Gasteiger partial charge on any atom is 0.391 e. The number of hydrogen-bond acceptors (Lipinski definition) is 3. The van der Waals surface area contributed by atoms with Crippen LogP contribution in [-0.4, -0.2) is 28.1 Å². The Balaban J connectivity index is 2.46. The summed E-state index contributed by atoms with van der Waals surface area (Å²) in [6.07, 6.45) is -2.28. The molecule has 8 heteroatoms. The fourth-order valence-corrected chi connectivity index (χ4v) is 2.94. The molecule has 0 aromatic carbocycles. The highest BCUT2D eigenvalue weighted by atomic mass is 35.5. The van der Waals surface area contributed by atoms with Gasteiger partial charge in [-0.25, -0.2) is 0 Å². The number of halogens is 4. The summed E-state index contributed by atoms with van der Waals surface area (Å²) in [5.74, 6) is -1.05. The minimum absolute atomic E-state index is 0.207. The van der Waals surface area contributed by atoms with Crippen molar-refractivity contribution in [1.29, 1.82) is 0 Å². The van der Waals surface area contributed by atoms with E-state index in [1.807, 2.05) is 13.8 Å². The number of ether oxygens (including phenoxy) is 1. The Morgan fingerprint density at radius 1 is 1.32 bits per heavy atom. The van der Waals surface area contributed by atoms with Crippen LogP contribution in [0.5, 0.6) is 5.75 Å². The molecular formula is C17H21ClF3N3O. The largest absolute Gasteiger partial charge is 0.496 e. The second kappa shape index (κ2) is 7.64. The third-order valence-corrected chi connectivity index (χ3v) is 4.46. The average molecular weight is 376 g/mol. The van der Waals surface area contributed by atoms with E-state index in [1.165, 1.54) is 19.4 Å². The van der Waals surface area contributed by atoms with Crippen molar-refractivity contribution in [2.75, 3.05) is 7.11 Å². The Morgan fingerprint density at radius 2 is 2.00 bits per heavy atom. The standard InChI is InChI=1S/C17H21ClF3N3O/c1-5-13-15(18)16(24(6-2)23-13)12-9-22-11(8-14(12)25-4)7-10(3)17(19,20)21/h8-10H,5-7H2,1-4H3. The van der Waals surface area contributed by atoms with Crippen LogP contribution in [-0.2, 0) is 19.4 Å². The number of methoxy groups -OCH3 is 1. The third-order valence-electron chi connectivity index (χ3n) is 4.07. The van der Waals surface area contributed by atoms with E-state index in [0.29, 0.717) is 40.7 Å². The fraction of sp³-hybridized carbons (Fsp3) is 0.529. The molecule has 1 unspecified atom stereocenters. The first-order chi connectivity index (χ1) is 11.7. The van der Waals surface area contributed by atoms with Gasteiger partial charge in [0.1, 0.15) is 5.75 Å². The van der Waals surface area contributed by atoms with E-state index >= 15 is 0 Å². The molecule has 0 aliphatic rings. The van der Waals surface area contributed by atoms with Crippen molar-refractivity contribution in [3.8, 4) is 17.0 Å². The summed E-state index contributed by atoms with van der Waals surface area (Å²) < 4.78 is 45.4. The van der Waals surface area contributed by atoms with Crippen molar-refractivity contribution in [3.63, 3.8) is 0 Å². The number of hydrogen-bond donors (Lipinski definition) is 0. The van der Waals surface area contributed by atoms with Gasteiger partial charge >= 0.3 is 6.18 Å². The van der Waals surface area contributed by atoms with E-state index in [9.17, 15) is 13.2 Å². The van der Waals surface area contributed by atoms with Crippen molar-refractivity contribution in [1.82, 2.24) is 14.8 Å². The molecule has 138 valence electrons. The molecule has 0 bridgehead atoms. The maximum atomic E-state index is 12.8. The van der Waals surface area contributed by atoms with Crippen LogP contribution in [0.2, 0.25) is 5.02 Å². The lowest BCUT2D eigenvalue weighted by Gasteiger charge is -2.16. The molecule has 1 atom stereocenters. The van der Waals surface area contributed by atoms with Gasteiger partial charge in [-0.1, -0.05) is 25.4 Å². The molecule has 0 saturated carbocycles. The number of aryl methyl sites for hydroxylation is 2. The van der Waals surface area contributed by atoms with Crippen LogP contribution in [0.25, 0.3) is 11.3 Å². The SMILES string of the molecule is CCc1nn(CC)c(-c2cnc(CC(C)C(F)(F)F)cc2OC)c1Cl. The molecule has 25 heavy (non-hydrogen) atoms. The van der Waals surface area contributed by atoms with Crippen LogP contribution in [0.4, 0.5) is 13.2 Å². The highest BCUT2D eigenvalue weighted by Gasteiger charge is 2.36. The summed E-state index contributed by atoms with van der Waals surface area (Å²) in [5, 5.41) is 4.97. The normalized spacial score (nSPS) is 13.1. The summed E-state index contributed by atoms with van der Waals surface area (Å²) in [4.78, 5) is 4.19. The number of nitrogens with zero attached hydrogens (tertiary/aromatic N) is 3. The second-order valence-electron chi connectivity index (χ2n) is 5.80. The van der Waals surface area contributed by atoms with Gasteiger partial charge in [0.25, 0.3) is 0 Å².